The molecule has 1 aromatic rings. The van der Waals surface area contributed by atoms with Crippen LogP contribution in [0.25, 0.3) is 0 Å². The van der Waals surface area contributed by atoms with E-state index in [2.05, 4.69) is 10.0 Å². The molecule has 0 radical (unpaired) electrons. The van der Waals surface area contributed by atoms with Crippen molar-refractivity contribution >= 4 is 21.9 Å². The number of carbonyl (C=O) groups is 2. The summed E-state index contributed by atoms with van der Waals surface area (Å²) in [6.07, 6.45) is 2.79. The van der Waals surface area contributed by atoms with Crippen LogP contribution in [0.4, 0.5) is 4.39 Å². The van der Waals surface area contributed by atoms with Gasteiger partial charge in [-0.3, -0.25) is 4.79 Å². The van der Waals surface area contributed by atoms with Crippen LogP contribution in [0.3, 0.4) is 0 Å². The number of hydrogen-bond acceptors (Lipinski definition) is 5. The van der Waals surface area contributed by atoms with Crippen LogP contribution in [-0.4, -0.2) is 40.5 Å². The van der Waals surface area contributed by atoms with Crippen molar-refractivity contribution in [2.45, 2.75) is 31.1 Å². The van der Waals surface area contributed by atoms with E-state index in [0.717, 1.165) is 37.5 Å². The second-order valence-electron chi connectivity index (χ2n) is 4.98. The zero-order valence-electron chi connectivity index (χ0n) is 13.6. The number of halogens is 1. The van der Waals surface area contributed by atoms with Crippen LogP contribution in [0, 0.1) is 5.82 Å². The summed E-state index contributed by atoms with van der Waals surface area (Å²) in [5.74, 6) is -2.54. The summed E-state index contributed by atoms with van der Waals surface area (Å²) in [6.45, 7) is 1.93. The van der Waals surface area contributed by atoms with Crippen LogP contribution in [0.2, 0.25) is 0 Å². The predicted octanol–water partition coefficient (Wildman–Crippen LogP) is 1.20. The molecule has 0 saturated carbocycles. The molecule has 9 heteroatoms. The van der Waals surface area contributed by atoms with Gasteiger partial charge in [0.15, 0.2) is 6.61 Å². The molecule has 7 nitrogen and oxygen atoms in total. The first-order valence-corrected chi connectivity index (χ1v) is 8.97. The number of esters is 1. The zero-order chi connectivity index (χ0) is 18.2. The summed E-state index contributed by atoms with van der Waals surface area (Å²) < 4.78 is 43.8. The molecule has 0 atom stereocenters. The lowest BCUT2D eigenvalue weighted by Gasteiger charge is -2.08. The Morgan fingerprint density at radius 2 is 1.96 bits per heavy atom. The van der Waals surface area contributed by atoms with Gasteiger partial charge in [-0.25, -0.2) is 22.3 Å². The molecule has 1 aromatic carbocycles. The predicted molar refractivity (Wildman–Crippen MR) is 85.5 cm³/mol. The topological polar surface area (TPSA) is 102 Å². The van der Waals surface area contributed by atoms with E-state index in [4.69, 9.17) is 4.74 Å². The normalized spacial score (nSPS) is 11.1. The van der Waals surface area contributed by atoms with Gasteiger partial charge < -0.3 is 10.1 Å². The maximum Gasteiger partial charge on any atom is 0.341 e. The summed E-state index contributed by atoms with van der Waals surface area (Å²) >= 11 is 0. The van der Waals surface area contributed by atoms with Crippen molar-refractivity contribution in [2.75, 3.05) is 20.2 Å². The minimum Gasteiger partial charge on any atom is -0.452 e. The molecule has 1 amide bonds. The second kappa shape index (κ2) is 9.33. The molecule has 0 fully saturated rings. The number of rotatable bonds is 9. The largest absolute Gasteiger partial charge is 0.452 e. The van der Waals surface area contributed by atoms with Crippen LogP contribution in [0.1, 0.15) is 36.5 Å². The van der Waals surface area contributed by atoms with Gasteiger partial charge in [-0.15, -0.1) is 0 Å². The van der Waals surface area contributed by atoms with Crippen LogP contribution < -0.4 is 10.0 Å². The Labute approximate surface area is 140 Å². The highest BCUT2D eigenvalue weighted by Crippen LogP contribution is 2.16. The van der Waals surface area contributed by atoms with Crippen molar-refractivity contribution in [3.8, 4) is 0 Å². The molecule has 0 spiro atoms. The van der Waals surface area contributed by atoms with Crippen molar-refractivity contribution in [2.24, 2.45) is 0 Å². The van der Waals surface area contributed by atoms with Crippen LogP contribution in [0.5, 0.6) is 0 Å². The van der Waals surface area contributed by atoms with Crippen LogP contribution in [-0.2, 0) is 19.6 Å². The first-order chi connectivity index (χ1) is 11.3. The Kier molecular flexibility index (Phi) is 7.80. The van der Waals surface area contributed by atoms with E-state index in [1.807, 2.05) is 6.92 Å². The Bertz CT molecular complexity index is 691. The van der Waals surface area contributed by atoms with Crippen molar-refractivity contribution in [1.82, 2.24) is 10.0 Å². The standard InChI is InChI=1S/C15H21FN2O5S/c1-3-4-5-8-18-14(19)10-23-15(20)12-9-11(6-7-13(12)16)24(21,22)17-2/h6-7,9,17H,3-5,8,10H2,1-2H3,(H,18,19). The Morgan fingerprint density at radius 3 is 2.58 bits per heavy atom. The second-order valence-corrected chi connectivity index (χ2v) is 6.87. The molecule has 0 heterocycles. The molecule has 0 bridgehead atoms. The molecular weight excluding hydrogens is 339 g/mol. The number of carbonyl (C=O) groups excluding carboxylic acids is 2. The SMILES string of the molecule is CCCCCNC(=O)COC(=O)c1cc(S(=O)(=O)NC)ccc1F. The van der Waals surface area contributed by atoms with Gasteiger partial charge in [-0.05, 0) is 31.7 Å². The van der Waals surface area contributed by atoms with Crippen molar-refractivity contribution in [3.05, 3.63) is 29.6 Å². The number of hydrogen-bond donors (Lipinski definition) is 2. The molecule has 0 aliphatic carbocycles. The van der Waals surface area contributed by atoms with E-state index < -0.39 is 39.9 Å². The summed E-state index contributed by atoms with van der Waals surface area (Å²) in [5, 5.41) is 2.57. The molecule has 0 aliphatic rings. The van der Waals surface area contributed by atoms with Crippen LogP contribution in [0.15, 0.2) is 23.1 Å². The molecular formula is C15H21FN2O5S. The van der Waals surface area contributed by atoms with E-state index in [-0.39, 0.29) is 4.90 Å². The molecule has 2 N–H and O–H groups in total. The molecule has 24 heavy (non-hydrogen) atoms. The third kappa shape index (κ3) is 5.89. The highest BCUT2D eigenvalue weighted by atomic mass is 32.2. The van der Waals surface area contributed by atoms with Crippen molar-refractivity contribution in [1.29, 1.82) is 0 Å². The Hall–Kier alpha value is -2.00. The zero-order valence-corrected chi connectivity index (χ0v) is 14.4. The van der Waals surface area contributed by atoms with Gasteiger partial charge >= 0.3 is 5.97 Å². The van der Waals surface area contributed by atoms with Gasteiger partial charge in [-0.2, -0.15) is 0 Å². The van der Waals surface area contributed by atoms with E-state index in [0.29, 0.717) is 6.54 Å². The smallest absolute Gasteiger partial charge is 0.341 e. The fraction of sp³-hybridized carbons (Fsp3) is 0.467. The van der Waals surface area contributed by atoms with E-state index >= 15 is 0 Å². The van der Waals surface area contributed by atoms with E-state index in [1.165, 1.54) is 7.05 Å². The lowest BCUT2D eigenvalue weighted by molar-refractivity contribution is -0.124. The maximum atomic E-state index is 13.7. The average Bonchev–Trinajstić information content (AvgIpc) is 2.56. The fourth-order valence-corrected chi connectivity index (χ4v) is 2.56. The number of benzene rings is 1. The van der Waals surface area contributed by atoms with Gasteiger partial charge in [0.05, 0.1) is 10.5 Å². The summed E-state index contributed by atoms with van der Waals surface area (Å²) in [4.78, 5) is 23.1. The summed E-state index contributed by atoms with van der Waals surface area (Å²) in [7, 11) is -2.63. The summed E-state index contributed by atoms with van der Waals surface area (Å²) in [6, 6.07) is 2.74. The maximum absolute atomic E-state index is 13.7. The monoisotopic (exact) mass is 360 g/mol. The number of sulfonamides is 1. The highest BCUT2D eigenvalue weighted by Gasteiger charge is 2.20. The molecule has 0 aromatic heterocycles. The van der Waals surface area contributed by atoms with E-state index in [9.17, 15) is 22.4 Å². The highest BCUT2D eigenvalue weighted by molar-refractivity contribution is 7.89. The molecule has 0 unspecified atom stereocenters. The van der Waals surface area contributed by atoms with Crippen LogP contribution >= 0.6 is 0 Å². The molecule has 134 valence electrons. The number of amides is 1. The number of nitrogens with one attached hydrogen (secondary N) is 2. The fourth-order valence-electron chi connectivity index (χ4n) is 1.81. The molecule has 0 saturated heterocycles. The Balaban J connectivity index is 2.68. The average molecular weight is 360 g/mol. The van der Waals surface area contributed by atoms with Gasteiger partial charge in [0.25, 0.3) is 5.91 Å². The third-order valence-corrected chi connectivity index (χ3v) is 4.59. The van der Waals surface area contributed by atoms with Gasteiger partial charge in [-0.1, -0.05) is 19.8 Å². The molecule has 1 rings (SSSR count). The first-order valence-electron chi connectivity index (χ1n) is 7.48. The first kappa shape index (κ1) is 20.0. The summed E-state index contributed by atoms with van der Waals surface area (Å²) in [5.41, 5.74) is -0.551. The quantitative estimate of drug-likeness (QED) is 0.509. The van der Waals surface area contributed by atoms with Gasteiger partial charge in [0, 0.05) is 6.54 Å². The van der Waals surface area contributed by atoms with Crippen molar-refractivity contribution in [3.63, 3.8) is 0 Å². The Morgan fingerprint density at radius 1 is 1.25 bits per heavy atom. The lowest BCUT2D eigenvalue weighted by Crippen LogP contribution is -2.29. The van der Waals surface area contributed by atoms with Gasteiger partial charge in [0.1, 0.15) is 5.82 Å². The number of ether oxygens (including phenoxy) is 1. The van der Waals surface area contributed by atoms with Crippen molar-refractivity contribution < 1.29 is 27.1 Å². The lowest BCUT2D eigenvalue weighted by atomic mass is 10.2. The minimum absolute atomic E-state index is 0.276. The number of unbranched alkanes of at least 4 members (excludes halogenated alkanes) is 2. The molecule has 0 aliphatic heterocycles. The minimum atomic E-state index is -3.82. The van der Waals surface area contributed by atoms with Gasteiger partial charge in [0.2, 0.25) is 10.0 Å². The third-order valence-electron chi connectivity index (χ3n) is 3.17. The van der Waals surface area contributed by atoms with E-state index in [1.54, 1.807) is 0 Å².